The van der Waals surface area contributed by atoms with E-state index in [1.54, 1.807) is 6.92 Å². The van der Waals surface area contributed by atoms with Crippen LogP contribution >= 0.6 is 0 Å². The van der Waals surface area contributed by atoms with Gasteiger partial charge in [0.05, 0.1) is 11.3 Å². The second-order valence-corrected chi connectivity index (χ2v) is 6.54. The zero-order chi connectivity index (χ0) is 22.3. The molecular formula is C20H23F3N4O3. The van der Waals surface area contributed by atoms with E-state index in [0.717, 1.165) is 23.5 Å². The van der Waals surface area contributed by atoms with Gasteiger partial charge in [-0.25, -0.2) is 4.68 Å². The number of amides is 2. The van der Waals surface area contributed by atoms with E-state index in [0.29, 0.717) is 13.0 Å². The standard InChI is InChI=1S/C20H23F3N4O3/c1-3-5-12-27-18(29)11-10-16(25-27)19(30)26(4-2)13-17(28)24-15-9-7-6-8-14(15)20(21,22)23/h6-11H,3-5,12-13H2,1-2H3,(H,24,28). The van der Waals surface area contributed by atoms with Gasteiger partial charge >= 0.3 is 6.18 Å². The Labute approximate surface area is 171 Å². The Morgan fingerprint density at radius 2 is 1.83 bits per heavy atom. The summed E-state index contributed by atoms with van der Waals surface area (Å²) in [6.45, 7) is 3.61. The first-order chi connectivity index (χ1) is 14.2. The lowest BCUT2D eigenvalue weighted by Crippen LogP contribution is -2.39. The van der Waals surface area contributed by atoms with Gasteiger partial charge in [-0.15, -0.1) is 0 Å². The highest BCUT2D eigenvalue weighted by Crippen LogP contribution is 2.34. The van der Waals surface area contributed by atoms with Gasteiger partial charge in [0, 0.05) is 19.2 Å². The summed E-state index contributed by atoms with van der Waals surface area (Å²) >= 11 is 0. The van der Waals surface area contributed by atoms with Crippen molar-refractivity contribution in [2.45, 2.75) is 39.4 Å². The van der Waals surface area contributed by atoms with E-state index in [9.17, 15) is 27.6 Å². The zero-order valence-corrected chi connectivity index (χ0v) is 16.7. The SMILES string of the molecule is CCCCn1nc(C(=O)N(CC)CC(=O)Nc2ccccc2C(F)(F)F)ccc1=O. The fourth-order valence-corrected chi connectivity index (χ4v) is 2.72. The average molecular weight is 424 g/mol. The van der Waals surface area contributed by atoms with Crippen LogP contribution in [-0.2, 0) is 17.5 Å². The molecule has 0 bridgehead atoms. The lowest BCUT2D eigenvalue weighted by atomic mass is 10.1. The molecule has 0 aliphatic rings. The van der Waals surface area contributed by atoms with Crippen LogP contribution < -0.4 is 10.9 Å². The second kappa shape index (κ2) is 10.0. The number of benzene rings is 1. The lowest BCUT2D eigenvalue weighted by Gasteiger charge is -2.21. The number of carbonyl (C=O) groups is 2. The van der Waals surface area contributed by atoms with Crippen molar-refractivity contribution in [2.24, 2.45) is 0 Å². The van der Waals surface area contributed by atoms with Gasteiger partial charge in [-0.05, 0) is 31.5 Å². The quantitative estimate of drug-likeness (QED) is 0.706. The van der Waals surface area contributed by atoms with Crippen LogP contribution in [0, 0.1) is 0 Å². The minimum atomic E-state index is -4.62. The fourth-order valence-electron chi connectivity index (χ4n) is 2.72. The summed E-state index contributed by atoms with van der Waals surface area (Å²) in [4.78, 5) is 38.0. The van der Waals surface area contributed by atoms with Crippen LogP contribution in [0.4, 0.5) is 18.9 Å². The number of anilines is 1. The minimum absolute atomic E-state index is 0.0176. The van der Waals surface area contributed by atoms with Crippen LogP contribution in [0.1, 0.15) is 42.7 Å². The summed E-state index contributed by atoms with van der Waals surface area (Å²) < 4.78 is 40.4. The molecule has 0 aliphatic carbocycles. The van der Waals surface area contributed by atoms with Gasteiger partial charge in [-0.1, -0.05) is 25.5 Å². The van der Waals surface area contributed by atoms with E-state index in [2.05, 4.69) is 10.4 Å². The molecule has 1 N–H and O–H groups in total. The van der Waals surface area contributed by atoms with Crippen molar-refractivity contribution in [3.8, 4) is 0 Å². The van der Waals surface area contributed by atoms with Crippen molar-refractivity contribution in [1.29, 1.82) is 0 Å². The van der Waals surface area contributed by atoms with Gasteiger partial charge in [0.15, 0.2) is 0 Å². The normalized spacial score (nSPS) is 11.2. The number of nitrogens with zero attached hydrogens (tertiary/aromatic N) is 3. The van der Waals surface area contributed by atoms with E-state index in [-0.39, 0.29) is 23.5 Å². The number of rotatable bonds is 8. The van der Waals surface area contributed by atoms with Gasteiger partial charge in [0.1, 0.15) is 12.2 Å². The third-order valence-corrected chi connectivity index (χ3v) is 4.32. The highest BCUT2D eigenvalue weighted by Gasteiger charge is 2.33. The van der Waals surface area contributed by atoms with Crippen molar-refractivity contribution in [3.05, 3.63) is 58.0 Å². The van der Waals surface area contributed by atoms with Crippen LogP contribution in [0.3, 0.4) is 0 Å². The van der Waals surface area contributed by atoms with Gasteiger partial charge in [-0.2, -0.15) is 18.3 Å². The number of aromatic nitrogens is 2. The van der Waals surface area contributed by atoms with E-state index in [1.807, 2.05) is 6.92 Å². The Kier molecular flexibility index (Phi) is 7.73. The van der Waals surface area contributed by atoms with Crippen LogP contribution in [0.5, 0.6) is 0 Å². The molecule has 0 saturated heterocycles. The minimum Gasteiger partial charge on any atom is -0.328 e. The van der Waals surface area contributed by atoms with Gasteiger partial charge in [0.25, 0.3) is 11.5 Å². The highest BCUT2D eigenvalue weighted by molar-refractivity contribution is 5.98. The maximum Gasteiger partial charge on any atom is 0.418 e. The molecule has 162 valence electrons. The second-order valence-electron chi connectivity index (χ2n) is 6.54. The Bertz CT molecular complexity index is 957. The topological polar surface area (TPSA) is 84.3 Å². The van der Waals surface area contributed by atoms with Crippen LogP contribution in [-0.4, -0.2) is 39.6 Å². The van der Waals surface area contributed by atoms with Crippen LogP contribution in [0.25, 0.3) is 0 Å². The highest BCUT2D eigenvalue weighted by atomic mass is 19.4. The zero-order valence-electron chi connectivity index (χ0n) is 16.7. The van der Waals surface area contributed by atoms with Crippen molar-refractivity contribution >= 4 is 17.5 Å². The molecule has 7 nitrogen and oxygen atoms in total. The van der Waals surface area contributed by atoms with Gasteiger partial charge in [0.2, 0.25) is 5.91 Å². The molecule has 10 heteroatoms. The lowest BCUT2D eigenvalue weighted by molar-refractivity contribution is -0.137. The number of alkyl halides is 3. The first-order valence-electron chi connectivity index (χ1n) is 9.50. The summed E-state index contributed by atoms with van der Waals surface area (Å²) in [6, 6.07) is 7.10. The third-order valence-electron chi connectivity index (χ3n) is 4.32. The number of likely N-dealkylation sites (N-methyl/N-ethyl adjacent to an activating group) is 1. The molecule has 0 spiro atoms. The van der Waals surface area contributed by atoms with Crippen LogP contribution in [0.15, 0.2) is 41.2 Å². The predicted molar refractivity (Wildman–Crippen MR) is 105 cm³/mol. The monoisotopic (exact) mass is 424 g/mol. The number of unbranched alkanes of at least 4 members (excludes halogenated alkanes) is 1. The number of hydrogen-bond donors (Lipinski definition) is 1. The van der Waals surface area contributed by atoms with E-state index < -0.39 is 30.1 Å². The Morgan fingerprint density at radius 3 is 2.47 bits per heavy atom. The van der Waals surface area contributed by atoms with Crippen molar-refractivity contribution < 1.29 is 22.8 Å². The summed E-state index contributed by atoms with van der Waals surface area (Å²) in [6.07, 6.45) is -3.07. The van der Waals surface area contributed by atoms with Crippen molar-refractivity contribution in [1.82, 2.24) is 14.7 Å². The molecule has 2 aromatic rings. The van der Waals surface area contributed by atoms with E-state index >= 15 is 0 Å². The Hall–Kier alpha value is -3.17. The average Bonchev–Trinajstić information content (AvgIpc) is 2.70. The van der Waals surface area contributed by atoms with Crippen molar-refractivity contribution in [3.63, 3.8) is 0 Å². The maximum absolute atomic E-state index is 13.1. The Balaban J connectivity index is 2.15. The summed E-state index contributed by atoms with van der Waals surface area (Å²) in [5, 5.41) is 6.26. The molecule has 0 aliphatic heterocycles. The number of aryl methyl sites for hydroxylation is 1. The number of halogens is 3. The molecule has 1 aromatic carbocycles. The van der Waals surface area contributed by atoms with E-state index in [1.165, 1.54) is 28.9 Å². The van der Waals surface area contributed by atoms with Crippen molar-refractivity contribution in [2.75, 3.05) is 18.4 Å². The maximum atomic E-state index is 13.1. The molecule has 0 radical (unpaired) electrons. The van der Waals surface area contributed by atoms with E-state index in [4.69, 9.17) is 0 Å². The molecular weight excluding hydrogens is 401 g/mol. The molecule has 0 saturated carbocycles. The first-order valence-corrected chi connectivity index (χ1v) is 9.50. The summed E-state index contributed by atoms with van der Waals surface area (Å²) in [5.74, 6) is -1.37. The number of hydrogen-bond acceptors (Lipinski definition) is 4. The first kappa shape index (κ1) is 23.1. The fraction of sp³-hybridized carbons (Fsp3) is 0.400. The molecule has 0 fully saturated rings. The number of carbonyl (C=O) groups excluding carboxylic acids is 2. The molecule has 2 amide bonds. The smallest absolute Gasteiger partial charge is 0.328 e. The molecule has 0 unspecified atom stereocenters. The predicted octanol–water partition coefficient (Wildman–Crippen LogP) is 3.16. The summed E-state index contributed by atoms with van der Waals surface area (Å²) in [5.41, 5.74) is -1.72. The molecule has 1 aromatic heterocycles. The number of para-hydroxylation sites is 1. The Morgan fingerprint density at radius 1 is 1.13 bits per heavy atom. The van der Waals surface area contributed by atoms with Crippen LogP contribution in [0.2, 0.25) is 0 Å². The number of nitrogens with one attached hydrogen (secondary N) is 1. The molecule has 30 heavy (non-hydrogen) atoms. The summed E-state index contributed by atoms with van der Waals surface area (Å²) in [7, 11) is 0. The molecule has 1 heterocycles. The molecule has 2 rings (SSSR count). The third kappa shape index (κ3) is 5.91. The molecule has 0 atom stereocenters. The van der Waals surface area contributed by atoms with Gasteiger partial charge < -0.3 is 10.2 Å². The largest absolute Gasteiger partial charge is 0.418 e. The van der Waals surface area contributed by atoms with Gasteiger partial charge in [-0.3, -0.25) is 14.4 Å².